The van der Waals surface area contributed by atoms with Crippen molar-refractivity contribution in [3.8, 4) is 22.6 Å². The monoisotopic (exact) mass is 397 g/mol. The van der Waals surface area contributed by atoms with Crippen molar-refractivity contribution in [2.75, 3.05) is 20.5 Å². The molecule has 1 aromatic heterocycles. The van der Waals surface area contributed by atoms with E-state index in [1.807, 2.05) is 6.07 Å². The van der Waals surface area contributed by atoms with Gasteiger partial charge in [0.2, 0.25) is 0 Å². The number of aromatic nitrogens is 2. The quantitative estimate of drug-likeness (QED) is 0.508. The summed E-state index contributed by atoms with van der Waals surface area (Å²) < 4.78 is 34.3. The van der Waals surface area contributed by atoms with Gasteiger partial charge in [-0.05, 0) is 31.0 Å². The van der Waals surface area contributed by atoms with Crippen molar-refractivity contribution >= 4 is 15.7 Å². The predicted molar refractivity (Wildman–Crippen MR) is 98.6 cm³/mol. The number of rotatable bonds is 8. The van der Waals surface area contributed by atoms with E-state index in [-0.39, 0.29) is 13.0 Å². The van der Waals surface area contributed by atoms with Crippen LogP contribution in [0, 0.1) is 0 Å². The number of benzene rings is 1. The maximum Gasteiger partial charge on any atom is 0.264 e. The fourth-order valence-corrected chi connectivity index (χ4v) is 3.41. The molecule has 0 bridgehead atoms. The molecule has 0 aliphatic heterocycles. The first kappa shape index (κ1) is 20.7. The lowest BCUT2D eigenvalue weighted by Gasteiger charge is -2.24. The van der Waals surface area contributed by atoms with Crippen molar-refractivity contribution in [1.82, 2.24) is 15.3 Å². The molecule has 0 radical (unpaired) electrons. The summed E-state index contributed by atoms with van der Waals surface area (Å²) in [5, 5.41) is 13.1. The molecule has 1 atom stereocenters. The molecule has 0 aliphatic rings. The molecule has 1 aromatic carbocycles. The summed E-state index contributed by atoms with van der Waals surface area (Å²) in [4.78, 5) is 11.9. The molecule has 0 saturated carbocycles. The molecule has 1 unspecified atom stereocenters. The van der Waals surface area contributed by atoms with Crippen LogP contribution in [0.15, 0.2) is 30.6 Å². The second kappa shape index (κ2) is 7.97. The Balaban J connectivity index is 2.22. The van der Waals surface area contributed by atoms with Crippen LogP contribution in [0.4, 0.5) is 0 Å². The van der Waals surface area contributed by atoms with Gasteiger partial charge >= 0.3 is 0 Å². The van der Waals surface area contributed by atoms with E-state index in [0.717, 1.165) is 17.4 Å². The van der Waals surface area contributed by atoms with E-state index in [1.54, 1.807) is 43.4 Å². The number of nitrogens with zero attached hydrogens (tertiary/aromatic N) is 2. The zero-order valence-corrected chi connectivity index (χ0v) is 16.4. The largest absolute Gasteiger partial charge is 0.493 e. The Morgan fingerprint density at radius 2 is 1.93 bits per heavy atom. The number of nitrogens with one attached hydrogen (secondary N) is 1. The Morgan fingerprint density at radius 1 is 1.26 bits per heavy atom. The number of ether oxygens (including phenoxy) is 2. The number of carbonyl (C=O) groups excluding carboxylic acids is 1. The number of amides is 1. The summed E-state index contributed by atoms with van der Waals surface area (Å²) in [5.41, 5.74) is 3.07. The fourth-order valence-electron chi connectivity index (χ4n) is 2.56. The average molecular weight is 397 g/mol. The number of carbonyl (C=O) groups is 1. The molecule has 9 nitrogen and oxygen atoms in total. The van der Waals surface area contributed by atoms with Crippen molar-refractivity contribution in [2.24, 2.45) is 0 Å². The molecule has 0 spiro atoms. The van der Waals surface area contributed by atoms with Gasteiger partial charge < -0.3 is 9.47 Å². The van der Waals surface area contributed by atoms with Crippen LogP contribution in [-0.2, 0) is 21.2 Å². The van der Waals surface area contributed by atoms with Gasteiger partial charge in [-0.1, -0.05) is 6.07 Å². The van der Waals surface area contributed by atoms with Crippen LogP contribution in [0.3, 0.4) is 0 Å². The third-order valence-electron chi connectivity index (χ3n) is 4.57. The highest BCUT2D eigenvalue weighted by molar-refractivity contribution is 7.92. The second-order valence-electron chi connectivity index (χ2n) is 6.26. The van der Waals surface area contributed by atoms with Crippen molar-refractivity contribution in [3.05, 3.63) is 30.6 Å². The van der Waals surface area contributed by atoms with Gasteiger partial charge in [0.05, 0.1) is 20.4 Å². The summed E-state index contributed by atoms with van der Waals surface area (Å²) >= 11 is 0. The third-order valence-corrected chi connectivity index (χ3v) is 6.59. The van der Waals surface area contributed by atoms with Crippen molar-refractivity contribution in [3.63, 3.8) is 0 Å². The average Bonchev–Trinajstić information content (AvgIpc) is 3.12. The van der Waals surface area contributed by atoms with E-state index in [4.69, 9.17) is 14.7 Å². The smallest absolute Gasteiger partial charge is 0.264 e. The van der Waals surface area contributed by atoms with Crippen LogP contribution in [0.1, 0.15) is 13.3 Å². The fraction of sp³-hybridized carbons (Fsp3) is 0.412. The molecule has 27 heavy (non-hydrogen) atoms. The highest BCUT2D eigenvalue weighted by Crippen LogP contribution is 2.32. The molecule has 0 saturated heterocycles. The van der Waals surface area contributed by atoms with E-state index in [0.29, 0.717) is 11.5 Å². The van der Waals surface area contributed by atoms with Crippen LogP contribution in [-0.4, -0.2) is 54.5 Å². The molecular formula is C17H23N3O6S. The summed E-state index contributed by atoms with van der Waals surface area (Å²) in [6.45, 7) is 1.44. The molecule has 148 valence electrons. The number of methoxy groups -OCH3 is 2. The Morgan fingerprint density at radius 3 is 2.48 bits per heavy atom. The van der Waals surface area contributed by atoms with Gasteiger partial charge in [-0.2, -0.15) is 5.10 Å². The number of hydroxylamine groups is 1. The lowest BCUT2D eigenvalue weighted by molar-refractivity contribution is -0.131. The third kappa shape index (κ3) is 4.22. The Labute approximate surface area is 157 Å². The van der Waals surface area contributed by atoms with Gasteiger partial charge in [-0.25, -0.2) is 13.9 Å². The summed E-state index contributed by atoms with van der Waals surface area (Å²) in [5.74, 6) is 0.205. The lowest BCUT2D eigenvalue weighted by atomic mass is 10.1. The number of hydrogen-bond donors (Lipinski definition) is 2. The van der Waals surface area contributed by atoms with Crippen LogP contribution in [0.5, 0.6) is 11.5 Å². The van der Waals surface area contributed by atoms with Crippen LogP contribution in [0.2, 0.25) is 0 Å². The highest BCUT2D eigenvalue weighted by atomic mass is 32.2. The van der Waals surface area contributed by atoms with E-state index < -0.39 is 20.5 Å². The molecule has 2 rings (SSSR count). The summed E-state index contributed by atoms with van der Waals surface area (Å²) in [7, 11) is -0.654. The first-order valence-corrected chi connectivity index (χ1v) is 9.94. The topological polar surface area (TPSA) is 120 Å². The number of aryl methyl sites for hydroxylation is 1. The number of sulfone groups is 1. The Kier molecular flexibility index (Phi) is 6.11. The Hall–Kier alpha value is -2.59. The molecule has 1 heterocycles. The first-order chi connectivity index (χ1) is 12.7. The Bertz CT molecular complexity index is 925. The summed E-state index contributed by atoms with van der Waals surface area (Å²) in [6, 6.07) is 5.43. The number of hydrogen-bond acceptors (Lipinski definition) is 7. The van der Waals surface area contributed by atoms with E-state index >= 15 is 0 Å². The minimum absolute atomic E-state index is 0.0503. The van der Waals surface area contributed by atoms with E-state index in [9.17, 15) is 13.2 Å². The van der Waals surface area contributed by atoms with Crippen molar-refractivity contribution in [2.45, 2.75) is 24.6 Å². The van der Waals surface area contributed by atoms with Gasteiger partial charge in [-0.3, -0.25) is 14.7 Å². The van der Waals surface area contributed by atoms with E-state index in [1.165, 1.54) is 12.4 Å². The van der Waals surface area contributed by atoms with Crippen molar-refractivity contribution in [1.29, 1.82) is 0 Å². The molecule has 10 heteroatoms. The second-order valence-corrected chi connectivity index (χ2v) is 8.70. The molecule has 0 aliphatic carbocycles. The molecule has 2 N–H and O–H groups in total. The van der Waals surface area contributed by atoms with Crippen LogP contribution < -0.4 is 15.0 Å². The minimum Gasteiger partial charge on any atom is -0.493 e. The van der Waals surface area contributed by atoms with E-state index in [2.05, 4.69) is 5.10 Å². The summed E-state index contributed by atoms with van der Waals surface area (Å²) in [6.07, 6.45) is 4.28. The van der Waals surface area contributed by atoms with Gasteiger partial charge in [-0.15, -0.1) is 0 Å². The lowest BCUT2D eigenvalue weighted by Crippen LogP contribution is -2.49. The molecule has 2 aromatic rings. The zero-order valence-electron chi connectivity index (χ0n) is 15.6. The van der Waals surface area contributed by atoms with Crippen LogP contribution in [0.25, 0.3) is 11.1 Å². The highest BCUT2D eigenvalue weighted by Gasteiger charge is 2.43. The van der Waals surface area contributed by atoms with Crippen LogP contribution >= 0.6 is 0 Å². The molecular weight excluding hydrogens is 374 g/mol. The van der Waals surface area contributed by atoms with Gasteiger partial charge in [0, 0.05) is 24.6 Å². The zero-order chi connectivity index (χ0) is 20.2. The maximum absolute atomic E-state index is 12.0. The van der Waals surface area contributed by atoms with Gasteiger partial charge in [0.25, 0.3) is 5.91 Å². The van der Waals surface area contributed by atoms with Crippen molar-refractivity contribution < 1.29 is 27.9 Å². The maximum atomic E-state index is 12.0. The first-order valence-electron chi connectivity index (χ1n) is 8.05. The predicted octanol–water partition coefficient (Wildman–Crippen LogP) is 1.27. The molecule has 0 fully saturated rings. The normalized spacial score (nSPS) is 13.7. The van der Waals surface area contributed by atoms with Gasteiger partial charge in [0.1, 0.15) is 0 Å². The standard InChI is InChI=1S/C17H23N3O6S/c1-17(16(21)19-22,27(4,23)24)7-8-20-11-13(10-18-20)12-5-6-14(25-2)15(9-12)26-3/h5-6,9-11,22H,7-8H2,1-4H3,(H,19,21). The van der Waals surface area contributed by atoms with Gasteiger partial charge in [0.15, 0.2) is 26.1 Å². The molecule has 1 amide bonds. The SMILES string of the molecule is COc1ccc(-c2cnn(CCC(C)(C(=O)NO)S(C)(=O)=O)c2)cc1OC. The minimum atomic E-state index is -3.75.